The first-order chi connectivity index (χ1) is 9.31. The molecule has 0 saturated carbocycles. The molecular weight excluding hydrogens is 242 g/mol. The van der Waals surface area contributed by atoms with Gasteiger partial charge in [0.05, 0.1) is 11.0 Å². The number of aryl methyl sites for hydroxylation is 1. The van der Waals surface area contributed by atoms with Gasteiger partial charge in [-0.25, -0.2) is 4.98 Å². The Morgan fingerprint density at radius 1 is 1.26 bits per heavy atom. The molecule has 98 valence electrons. The maximum atomic E-state index is 8.84. The molecule has 2 N–H and O–H groups in total. The van der Waals surface area contributed by atoms with E-state index in [9.17, 15) is 0 Å². The number of hydrogen-bond donors (Lipinski definition) is 2. The van der Waals surface area contributed by atoms with Crippen LogP contribution in [-0.2, 0) is 0 Å². The second-order valence-electron chi connectivity index (χ2n) is 4.36. The van der Waals surface area contributed by atoms with E-state index < -0.39 is 0 Å². The fourth-order valence-corrected chi connectivity index (χ4v) is 2.13. The topological polar surface area (TPSA) is 75.3 Å². The Labute approximate surface area is 110 Å². The third kappa shape index (κ3) is 2.00. The second-order valence-corrected chi connectivity index (χ2v) is 4.36. The van der Waals surface area contributed by atoms with E-state index in [2.05, 4.69) is 20.5 Å². The van der Waals surface area contributed by atoms with Crippen LogP contribution in [0.3, 0.4) is 0 Å². The van der Waals surface area contributed by atoms with Crippen LogP contribution in [0.15, 0.2) is 24.3 Å². The van der Waals surface area contributed by atoms with Crippen LogP contribution in [0, 0.1) is 6.92 Å². The normalized spacial score (nSPS) is 11.3. The first kappa shape index (κ1) is 11.9. The number of aromatic nitrogens is 4. The van der Waals surface area contributed by atoms with Gasteiger partial charge in [0.25, 0.3) is 0 Å². The van der Waals surface area contributed by atoms with Crippen LogP contribution in [0.25, 0.3) is 16.7 Å². The number of anilines is 1. The summed E-state index contributed by atoms with van der Waals surface area (Å²) in [7, 11) is 0. The molecule has 1 aromatic carbocycles. The first-order valence-electron chi connectivity index (χ1n) is 6.26. The molecule has 0 atom stereocenters. The van der Waals surface area contributed by atoms with Crippen molar-refractivity contribution in [1.82, 2.24) is 19.6 Å². The van der Waals surface area contributed by atoms with E-state index in [0.717, 1.165) is 16.9 Å². The molecule has 0 saturated heterocycles. The smallest absolute Gasteiger partial charge is 0.204 e. The van der Waals surface area contributed by atoms with Gasteiger partial charge in [-0.15, -0.1) is 10.2 Å². The third-order valence-corrected chi connectivity index (χ3v) is 3.02. The van der Waals surface area contributed by atoms with E-state index in [1.807, 2.05) is 35.6 Å². The zero-order chi connectivity index (χ0) is 13.2. The fourth-order valence-electron chi connectivity index (χ4n) is 2.13. The van der Waals surface area contributed by atoms with Crippen LogP contribution < -0.4 is 5.32 Å². The summed E-state index contributed by atoms with van der Waals surface area (Å²) in [5.74, 6) is 1.53. The van der Waals surface area contributed by atoms with Crippen molar-refractivity contribution in [3.05, 3.63) is 30.1 Å². The average Bonchev–Trinajstić information content (AvgIpc) is 2.82. The summed E-state index contributed by atoms with van der Waals surface area (Å²) in [6, 6.07) is 7.90. The summed E-state index contributed by atoms with van der Waals surface area (Å²) in [5, 5.41) is 20.3. The lowest BCUT2D eigenvalue weighted by molar-refractivity contribution is 0.292. The van der Waals surface area contributed by atoms with E-state index >= 15 is 0 Å². The molecular formula is C13H15N5O. The van der Waals surface area contributed by atoms with Gasteiger partial charge in [-0.1, -0.05) is 12.1 Å². The van der Waals surface area contributed by atoms with E-state index in [4.69, 9.17) is 5.11 Å². The number of aliphatic hydroxyl groups excluding tert-OH is 1. The minimum atomic E-state index is 0.155. The largest absolute Gasteiger partial charge is 0.396 e. The molecule has 0 spiro atoms. The van der Waals surface area contributed by atoms with Gasteiger partial charge in [-0.2, -0.15) is 0 Å². The lowest BCUT2D eigenvalue weighted by Gasteiger charge is -2.08. The molecule has 2 heterocycles. The highest BCUT2D eigenvalue weighted by Crippen LogP contribution is 2.21. The summed E-state index contributed by atoms with van der Waals surface area (Å²) in [6.45, 7) is 2.73. The Morgan fingerprint density at radius 2 is 2.11 bits per heavy atom. The average molecular weight is 257 g/mol. The minimum absolute atomic E-state index is 0.155. The molecule has 0 aliphatic carbocycles. The second kappa shape index (κ2) is 4.81. The molecule has 6 heteroatoms. The van der Waals surface area contributed by atoms with E-state index in [0.29, 0.717) is 24.4 Å². The summed E-state index contributed by atoms with van der Waals surface area (Å²) < 4.78 is 1.99. The van der Waals surface area contributed by atoms with Crippen molar-refractivity contribution in [2.75, 3.05) is 18.5 Å². The number of nitrogens with one attached hydrogen (secondary N) is 1. The van der Waals surface area contributed by atoms with E-state index in [1.165, 1.54) is 0 Å². The SMILES string of the molecule is Cc1nnc2c(NCCCO)nc3ccccc3n12. The maximum absolute atomic E-state index is 8.84. The molecule has 0 fully saturated rings. The van der Waals surface area contributed by atoms with Crippen LogP contribution in [0.2, 0.25) is 0 Å². The zero-order valence-corrected chi connectivity index (χ0v) is 10.7. The molecule has 0 unspecified atom stereocenters. The van der Waals surface area contributed by atoms with Crippen molar-refractivity contribution in [3.8, 4) is 0 Å². The van der Waals surface area contributed by atoms with Crippen molar-refractivity contribution < 1.29 is 5.11 Å². The summed E-state index contributed by atoms with van der Waals surface area (Å²) in [6.07, 6.45) is 0.674. The Balaban J connectivity index is 2.19. The van der Waals surface area contributed by atoms with E-state index in [1.54, 1.807) is 0 Å². The van der Waals surface area contributed by atoms with Crippen molar-refractivity contribution in [1.29, 1.82) is 0 Å². The molecule has 19 heavy (non-hydrogen) atoms. The minimum Gasteiger partial charge on any atom is -0.396 e. The zero-order valence-electron chi connectivity index (χ0n) is 10.7. The summed E-state index contributed by atoms with van der Waals surface area (Å²) >= 11 is 0. The highest BCUT2D eigenvalue weighted by Gasteiger charge is 2.11. The van der Waals surface area contributed by atoms with Gasteiger partial charge < -0.3 is 10.4 Å². The third-order valence-electron chi connectivity index (χ3n) is 3.02. The predicted molar refractivity (Wildman–Crippen MR) is 73.2 cm³/mol. The van der Waals surface area contributed by atoms with Gasteiger partial charge >= 0.3 is 0 Å². The number of aliphatic hydroxyl groups is 1. The van der Waals surface area contributed by atoms with Crippen LogP contribution in [-0.4, -0.2) is 37.8 Å². The van der Waals surface area contributed by atoms with E-state index in [-0.39, 0.29) is 6.61 Å². The maximum Gasteiger partial charge on any atom is 0.204 e. The van der Waals surface area contributed by atoms with Gasteiger partial charge in [0.1, 0.15) is 5.82 Å². The number of benzene rings is 1. The van der Waals surface area contributed by atoms with Gasteiger partial charge in [0.15, 0.2) is 5.82 Å². The number of nitrogens with zero attached hydrogens (tertiary/aromatic N) is 4. The Bertz CT molecular complexity index is 721. The first-order valence-corrected chi connectivity index (χ1v) is 6.26. The monoisotopic (exact) mass is 257 g/mol. The Kier molecular flexibility index (Phi) is 3.00. The van der Waals surface area contributed by atoms with Gasteiger partial charge in [0.2, 0.25) is 5.65 Å². The number of para-hydroxylation sites is 2. The van der Waals surface area contributed by atoms with Crippen LogP contribution in [0.5, 0.6) is 0 Å². The molecule has 0 radical (unpaired) electrons. The quantitative estimate of drug-likeness (QED) is 0.691. The molecule has 0 aliphatic rings. The van der Waals surface area contributed by atoms with Crippen LogP contribution in [0.4, 0.5) is 5.82 Å². The standard InChI is InChI=1S/C13H15N5O/c1-9-16-17-13-12(14-7-4-8-19)15-10-5-2-3-6-11(10)18(9)13/h2-3,5-6,19H,4,7-8H2,1H3,(H,14,15). The van der Waals surface area contributed by atoms with Crippen molar-refractivity contribution in [2.24, 2.45) is 0 Å². The summed E-state index contributed by atoms with van der Waals surface area (Å²) in [5.41, 5.74) is 2.60. The number of fused-ring (bicyclic) bond motifs is 3. The van der Waals surface area contributed by atoms with Gasteiger partial charge in [-0.3, -0.25) is 4.40 Å². The van der Waals surface area contributed by atoms with Crippen molar-refractivity contribution >= 4 is 22.5 Å². The van der Waals surface area contributed by atoms with Crippen LogP contribution in [0.1, 0.15) is 12.2 Å². The Hall–Kier alpha value is -2.21. The lowest BCUT2D eigenvalue weighted by Crippen LogP contribution is -2.07. The van der Waals surface area contributed by atoms with Crippen molar-refractivity contribution in [3.63, 3.8) is 0 Å². The molecule has 6 nitrogen and oxygen atoms in total. The molecule has 3 aromatic rings. The van der Waals surface area contributed by atoms with Gasteiger partial charge in [-0.05, 0) is 25.5 Å². The highest BCUT2D eigenvalue weighted by molar-refractivity contribution is 5.82. The highest BCUT2D eigenvalue weighted by atomic mass is 16.3. The lowest BCUT2D eigenvalue weighted by atomic mass is 10.3. The fraction of sp³-hybridized carbons (Fsp3) is 0.308. The Morgan fingerprint density at radius 3 is 2.95 bits per heavy atom. The number of rotatable bonds is 4. The van der Waals surface area contributed by atoms with Crippen molar-refractivity contribution in [2.45, 2.75) is 13.3 Å². The molecule has 2 aromatic heterocycles. The summed E-state index contributed by atoms with van der Waals surface area (Å²) in [4.78, 5) is 4.57. The predicted octanol–water partition coefficient (Wildman–Crippen LogP) is 1.38. The molecule has 0 bridgehead atoms. The number of hydrogen-bond acceptors (Lipinski definition) is 5. The molecule has 0 aliphatic heterocycles. The van der Waals surface area contributed by atoms with Crippen LogP contribution >= 0.6 is 0 Å². The molecule has 3 rings (SSSR count). The molecule has 0 amide bonds. The van der Waals surface area contributed by atoms with Gasteiger partial charge in [0, 0.05) is 13.2 Å².